The first-order chi connectivity index (χ1) is 10.7. The van der Waals surface area contributed by atoms with E-state index in [9.17, 15) is 13.6 Å². The molecule has 0 spiro atoms. The molecular weight excluding hydrogens is 286 g/mol. The molecule has 0 N–H and O–H groups in total. The van der Waals surface area contributed by atoms with Gasteiger partial charge in [0.1, 0.15) is 6.61 Å². The number of halogens is 2. The van der Waals surface area contributed by atoms with Crippen LogP contribution in [0.4, 0.5) is 8.78 Å². The number of ether oxygens (including phenoxy) is 1. The molecule has 112 valence electrons. The second-order valence-corrected chi connectivity index (χ2v) is 4.47. The number of carbonyl (C=O) groups is 1. The summed E-state index contributed by atoms with van der Waals surface area (Å²) in [6, 6.07) is 17.6. The van der Waals surface area contributed by atoms with Crippen LogP contribution in [0, 0.1) is 0 Å². The zero-order chi connectivity index (χ0) is 15.8. The average molecular weight is 300 g/mol. The molecule has 2 nitrogen and oxygen atoms in total. The normalized spacial score (nSPS) is 12.1. The Morgan fingerprint density at radius 2 is 1.55 bits per heavy atom. The zero-order valence-electron chi connectivity index (χ0n) is 11.7. The maximum Gasteiger partial charge on any atom is 0.370 e. The van der Waals surface area contributed by atoms with Crippen molar-refractivity contribution in [2.45, 2.75) is 6.61 Å². The third kappa shape index (κ3) is 4.66. The van der Waals surface area contributed by atoms with Gasteiger partial charge in [0, 0.05) is 0 Å². The minimum Gasteiger partial charge on any atom is -0.455 e. The van der Waals surface area contributed by atoms with E-state index in [-0.39, 0.29) is 6.61 Å². The summed E-state index contributed by atoms with van der Waals surface area (Å²) >= 11 is 0. The fraction of sp³-hybridized carbons (Fsp3) is 0.0556. The quantitative estimate of drug-likeness (QED) is 0.458. The van der Waals surface area contributed by atoms with E-state index in [0.29, 0.717) is 11.1 Å². The number of allylic oxidation sites excluding steroid dienone is 2. The van der Waals surface area contributed by atoms with Crippen LogP contribution in [-0.4, -0.2) is 5.97 Å². The van der Waals surface area contributed by atoms with Crippen LogP contribution >= 0.6 is 0 Å². The monoisotopic (exact) mass is 300 g/mol. The molecule has 0 aromatic heterocycles. The first kappa shape index (κ1) is 15.6. The van der Waals surface area contributed by atoms with E-state index in [1.807, 2.05) is 6.07 Å². The second kappa shape index (κ2) is 7.88. The smallest absolute Gasteiger partial charge is 0.370 e. The van der Waals surface area contributed by atoms with Crippen LogP contribution in [0.15, 0.2) is 78.4 Å². The van der Waals surface area contributed by atoms with Crippen molar-refractivity contribution >= 4 is 12.0 Å². The van der Waals surface area contributed by atoms with E-state index in [4.69, 9.17) is 4.74 Å². The van der Waals surface area contributed by atoms with Gasteiger partial charge in [0.15, 0.2) is 5.83 Å². The minimum absolute atomic E-state index is 0.108. The number of hydrogen-bond donors (Lipinski definition) is 0. The van der Waals surface area contributed by atoms with Crippen molar-refractivity contribution < 1.29 is 18.3 Å². The van der Waals surface area contributed by atoms with Gasteiger partial charge >= 0.3 is 5.97 Å². The SMILES string of the molecule is O=C(OCc1ccccc1)/C(F)=C(F)\C=C\c1ccccc1. The number of benzene rings is 2. The maximum atomic E-state index is 13.6. The van der Waals surface area contributed by atoms with Gasteiger partial charge in [-0.3, -0.25) is 0 Å². The van der Waals surface area contributed by atoms with Gasteiger partial charge in [-0.15, -0.1) is 0 Å². The lowest BCUT2D eigenvalue weighted by molar-refractivity contribution is -0.142. The second-order valence-electron chi connectivity index (χ2n) is 4.47. The van der Waals surface area contributed by atoms with Crippen molar-refractivity contribution in [2.24, 2.45) is 0 Å². The van der Waals surface area contributed by atoms with Gasteiger partial charge in [0.05, 0.1) is 0 Å². The summed E-state index contributed by atoms with van der Waals surface area (Å²) in [6.07, 6.45) is 2.27. The van der Waals surface area contributed by atoms with Crippen molar-refractivity contribution in [2.75, 3.05) is 0 Å². The van der Waals surface area contributed by atoms with E-state index in [1.54, 1.807) is 54.6 Å². The van der Waals surface area contributed by atoms with Gasteiger partial charge < -0.3 is 4.74 Å². The van der Waals surface area contributed by atoms with Crippen molar-refractivity contribution in [1.82, 2.24) is 0 Å². The minimum atomic E-state index is -1.54. The van der Waals surface area contributed by atoms with Crippen molar-refractivity contribution in [3.05, 3.63) is 89.5 Å². The van der Waals surface area contributed by atoms with Gasteiger partial charge in [0.25, 0.3) is 0 Å². The Bertz CT molecular complexity index is 677. The molecule has 0 atom stereocenters. The van der Waals surface area contributed by atoms with Crippen molar-refractivity contribution in [1.29, 1.82) is 0 Å². The van der Waals surface area contributed by atoms with Crippen LogP contribution in [0.1, 0.15) is 11.1 Å². The average Bonchev–Trinajstić information content (AvgIpc) is 2.58. The van der Waals surface area contributed by atoms with Crippen LogP contribution in [0.5, 0.6) is 0 Å². The van der Waals surface area contributed by atoms with E-state index >= 15 is 0 Å². The van der Waals surface area contributed by atoms with Gasteiger partial charge in [-0.2, -0.15) is 4.39 Å². The molecule has 0 radical (unpaired) electrons. The zero-order valence-corrected chi connectivity index (χ0v) is 11.7. The summed E-state index contributed by atoms with van der Waals surface area (Å²) in [6.45, 7) is -0.108. The highest BCUT2D eigenvalue weighted by molar-refractivity contribution is 5.87. The summed E-state index contributed by atoms with van der Waals surface area (Å²) in [5, 5.41) is 0. The fourth-order valence-corrected chi connectivity index (χ4v) is 1.69. The third-order valence-electron chi connectivity index (χ3n) is 2.82. The first-order valence-corrected chi connectivity index (χ1v) is 6.66. The Hall–Kier alpha value is -2.75. The molecule has 4 heteroatoms. The number of rotatable bonds is 5. The first-order valence-electron chi connectivity index (χ1n) is 6.66. The maximum absolute atomic E-state index is 13.6. The summed E-state index contributed by atoms with van der Waals surface area (Å²) < 4.78 is 31.9. The van der Waals surface area contributed by atoms with Gasteiger partial charge in [0.2, 0.25) is 5.83 Å². The van der Waals surface area contributed by atoms with E-state index in [2.05, 4.69) is 0 Å². The summed E-state index contributed by atoms with van der Waals surface area (Å²) in [7, 11) is 0. The largest absolute Gasteiger partial charge is 0.455 e. The van der Waals surface area contributed by atoms with Crippen LogP contribution in [0.25, 0.3) is 6.08 Å². The third-order valence-corrected chi connectivity index (χ3v) is 2.82. The molecule has 2 aromatic carbocycles. The number of esters is 1. The Morgan fingerprint density at radius 1 is 0.955 bits per heavy atom. The van der Waals surface area contributed by atoms with Gasteiger partial charge in [-0.1, -0.05) is 66.7 Å². The Balaban J connectivity index is 1.97. The molecule has 0 aliphatic carbocycles. The molecule has 0 saturated heterocycles. The van der Waals surface area contributed by atoms with Gasteiger partial charge in [-0.05, 0) is 17.2 Å². The molecule has 2 rings (SSSR count). The molecule has 0 unspecified atom stereocenters. The highest BCUT2D eigenvalue weighted by Gasteiger charge is 2.15. The summed E-state index contributed by atoms with van der Waals surface area (Å²) in [5.74, 6) is -4.12. The van der Waals surface area contributed by atoms with Gasteiger partial charge in [-0.25, -0.2) is 9.18 Å². The molecule has 0 amide bonds. The molecule has 0 aliphatic rings. The molecule has 22 heavy (non-hydrogen) atoms. The molecular formula is C18H14F2O2. The highest BCUT2D eigenvalue weighted by atomic mass is 19.2. The van der Waals surface area contributed by atoms with E-state index < -0.39 is 17.6 Å². The van der Waals surface area contributed by atoms with E-state index in [0.717, 1.165) is 6.08 Å². The Morgan fingerprint density at radius 3 is 2.18 bits per heavy atom. The molecule has 0 heterocycles. The predicted octanol–water partition coefficient (Wildman–Crippen LogP) is 4.59. The molecule has 0 aliphatic heterocycles. The van der Waals surface area contributed by atoms with Crippen LogP contribution < -0.4 is 0 Å². The molecule has 0 saturated carbocycles. The Kier molecular flexibility index (Phi) is 5.60. The predicted molar refractivity (Wildman–Crippen MR) is 81.0 cm³/mol. The lowest BCUT2D eigenvalue weighted by Gasteiger charge is -2.03. The van der Waals surface area contributed by atoms with E-state index in [1.165, 1.54) is 6.08 Å². The summed E-state index contributed by atoms with van der Waals surface area (Å²) in [5.41, 5.74) is 1.40. The molecule has 2 aromatic rings. The standard InChI is InChI=1S/C18H14F2O2/c19-16(12-11-14-7-3-1-4-8-14)17(20)18(21)22-13-15-9-5-2-6-10-15/h1-12H,13H2/b12-11+,17-16-. The number of hydrogen-bond acceptors (Lipinski definition) is 2. The Labute approximate surface area is 127 Å². The highest BCUT2D eigenvalue weighted by Crippen LogP contribution is 2.14. The molecule has 0 fully saturated rings. The summed E-state index contributed by atoms with van der Waals surface area (Å²) in [4.78, 5) is 11.4. The van der Waals surface area contributed by atoms with Crippen molar-refractivity contribution in [3.63, 3.8) is 0 Å². The lowest BCUT2D eigenvalue weighted by atomic mass is 10.2. The van der Waals surface area contributed by atoms with Crippen LogP contribution in [0.3, 0.4) is 0 Å². The van der Waals surface area contributed by atoms with Crippen molar-refractivity contribution in [3.8, 4) is 0 Å². The lowest BCUT2D eigenvalue weighted by Crippen LogP contribution is -2.06. The fourth-order valence-electron chi connectivity index (χ4n) is 1.69. The van der Waals surface area contributed by atoms with Crippen LogP contribution in [0.2, 0.25) is 0 Å². The molecule has 0 bridgehead atoms. The van der Waals surface area contributed by atoms with Crippen LogP contribution in [-0.2, 0) is 16.1 Å². The number of carbonyl (C=O) groups excluding carboxylic acids is 1. The topological polar surface area (TPSA) is 26.3 Å².